The molecule has 98 valence electrons. The van der Waals surface area contributed by atoms with E-state index >= 15 is 0 Å². The van der Waals surface area contributed by atoms with Gasteiger partial charge in [0.1, 0.15) is 0 Å². The molecule has 0 aliphatic heterocycles. The van der Waals surface area contributed by atoms with Crippen LogP contribution in [0.4, 0.5) is 0 Å². The van der Waals surface area contributed by atoms with Crippen molar-refractivity contribution in [1.29, 1.82) is 0 Å². The standard InChI is InChI=1S/C13H31N3/c1-2-3-4-5-6-7-8-11-16(12-9-14)13-10-15/h2-15H2,1H3. The molecule has 0 rings (SSSR count). The quantitative estimate of drug-likeness (QED) is 0.503. The van der Waals surface area contributed by atoms with Gasteiger partial charge in [-0.15, -0.1) is 0 Å². The highest BCUT2D eigenvalue weighted by Crippen LogP contribution is 2.07. The first kappa shape index (κ1) is 15.9. The van der Waals surface area contributed by atoms with Crippen LogP contribution in [-0.4, -0.2) is 37.6 Å². The van der Waals surface area contributed by atoms with Crippen LogP contribution in [0.2, 0.25) is 0 Å². The Morgan fingerprint density at radius 3 is 1.69 bits per heavy atom. The molecule has 0 aliphatic carbocycles. The third kappa shape index (κ3) is 10.4. The first-order chi connectivity index (χ1) is 7.85. The van der Waals surface area contributed by atoms with Crippen LogP contribution in [0.15, 0.2) is 0 Å². The monoisotopic (exact) mass is 229 g/mol. The minimum Gasteiger partial charge on any atom is -0.329 e. The van der Waals surface area contributed by atoms with E-state index in [1.165, 1.54) is 51.5 Å². The Bertz CT molecular complexity index is 122. The summed E-state index contributed by atoms with van der Waals surface area (Å²) in [6.45, 7) is 6.91. The summed E-state index contributed by atoms with van der Waals surface area (Å²) in [4.78, 5) is 2.38. The van der Waals surface area contributed by atoms with Crippen molar-refractivity contribution in [2.75, 3.05) is 32.7 Å². The van der Waals surface area contributed by atoms with Crippen LogP contribution < -0.4 is 11.5 Å². The maximum atomic E-state index is 5.56. The van der Waals surface area contributed by atoms with E-state index in [4.69, 9.17) is 11.5 Å². The van der Waals surface area contributed by atoms with Gasteiger partial charge in [-0.2, -0.15) is 0 Å². The molecule has 3 heteroatoms. The van der Waals surface area contributed by atoms with Crippen molar-refractivity contribution in [3.63, 3.8) is 0 Å². The fourth-order valence-corrected chi connectivity index (χ4v) is 1.99. The number of hydrogen-bond acceptors (Lipinski definition) is 3. The molecule has 0 aromatic carbocycles. The first-order valence-electron chi connectivity index (χ1n) is 6.97. The summed E-state index contributed by atoms with van der Waals surface area (Å²) in [6, 6.07) is 0. The smallest absolute Gasteiger partial charge is 0.0105 e. The zero-order valence-electron chi connectivity index (χ0n) is 11.1. The zero-order chi connectivity index (χ0) is 12.1. The van der Waals surface area contributed by atoms with Gasteiger partial charge in [0.2, 0.25) is 0 Å². The Hall–Kier alpha value is -0.120. The van der Waals surface area contributed by atoms with Gasteiger partial charge in [-0.05, 0) is 13.0 Å². The van der Waals surface area contributed by atoms with Crippen LogP contribution in [0.1, 0.15) is 51.9 Å². The molecular formula is C13H31N3. The van der Waals surface area contributed by atoms with E-state index in [9.17, 15) is 0 Å². The fourth-order valence-electron chi connectivity index (χ4n) is 1.99. The molecule has 0 spiro atoms. The summed E-state index contributed by atoms with van der Waals surface area (Å²) in [7, 11) is 0. The minimum absolute atomic E-state index is 0.747. The van der Waals surface area contributed by atoms with E-state index in [2.05, 4.69) is 11.8 Å². The lowest BCUT2D eigenvalue weighted by Crippen LogP contribution is -2.34. The fraction of sp³-hybridized carbons (Fsp3) is 1.00. The highest BCUT2D eigenvalue weighted by molar-refractivity contribution is 4.59. The summed E-state index contributed by atoms with van der Waals surface area (Å²) in [5.41, 5.74) is 11.1. The molecule has 0 radical (unpaired) electrons. The zero-order valence-corrected chi connectivity index (χ0v) is 11.1. The van der Waals surface area contributed by atoms with Crippen molar-refractivity contribution in [3.05, 3.63) is 0 Å². The van der Waals surface area contributed by atoms with Gasteiger partial charge in [-0.25, -0.2) is 0 Å². The van der Waals surface area contributed by atoms with Crippen LogP contribution in [0.25, 0.3) is 0 Å². The van der Waals surface area contributed by atoms with Crippen LogP contribution in [0.5, 0.6) is 0 Å². The molecule has 0 saturated carbocycles. The van der Waals surface area contributed by atoms with Crippen LogP contribution in [0.3, 0.4) is 0 Å². The normalized spacial score (nSPS) is 11.2. The number of rotatable bonds is 12. The van der Waals surface area contributed by atoms with E-state index in [0.717, 1.165) is 26.2 Å². The van der Waals surface area contributed by atoms with Crippen molar-refractivity contribution in [3.8, 4) is 0 Å². The Kier molecular flexibility index (Phi) is 12.9. The van der Waals surface area contributed by atoms with Crippen molar-refractivity contribution in [2.45, 2.75) is 51.9 Å². The number of hydrogen-bond donors (Lipinski definition) is 2. The largest absolute Gasteiger partial charge is 0.329 e. The van der Waals surface area contributed by atoms with Gasteiger partial charge in [0, 0.05) is 26.2 Å². The highest BCUT2D eigenvalue weighted by Gasteiger charge is 2.01. The van der Waals surface area contributed by atoms with E-state index < -0.39 is 0 Å². The second-order valence-electron chi connectivity index (χ2n) is 4.54. The Morgan fingerprint density at radius 1 is 0.688 bits per heavy atom. The van der Waals surface area contributed by atoms with E-state index in [0.29, 0.717) is 0 Å². The lowest BCUT2D eigenvalue weighted by Gasteiger charge is -2.20. The highest BCUT2D eigenvalue weighted by atomic mass is 15.1. The molecule has 0 atom stereocenters. The Morgan fingerprint density at radius 2 is 1.19 bits per heavy atom. The molecule has 3 nitrogen and oxygen atoms in total. The van der Waals surface area contributed by atoms with Crippen molar-refractivity contribution in [2.24, 2.45) is 11.5 Å². The summed E-state index contributed by atoms with van der Waals surface area (Å²) in [5, 5.41) is 0. The van der Waals surface area contributed by atoms with Gasteiger partial charge in [0.15, 0.2) is 0 Å². The van der Waals surface area contributed by atoms with E-state index in [1.807, 2.05) is 0 Å². The molecule has 4 N–H and O–H groups in total. The molecule has 0 aliphatic rings. The van der Waals surface area contributed by atoms with Crippen LogP contribution >= 0.6 is 0 Å². The predicted molar refractivity (Wildman–Crippen MR) is 72.5 cm³/mol. The molecule has 0 bridgehead atoms. The molecule has 0 saturated heterocycles. The van der Waals surface area contributed by atoms with Crippen molar-refractivity contribution >= 4 is 0 Å². The van der Waals surface area contributed by atoms with E-state index in [-0.39, 0.29) is 0 Å². The maximum Gasteiger partial charge on any atom is 0.0105 e. The lowest BCUT2D eigenvalue weighted by atomic mass is 10.1. The number of nitrogens with two attached hydrogens (primary N) is 2. The van der Waals surface area contributed by atoms with Gasteiger partial charge in [-0.1, -0.05) is 45.4 Å². The maximum absolute atomic E-state index is 5.56. The van der Waals surface area contributed by atoms with Gasteiger partial charge >= 0.3 is 0 Å². The van der Waals surface area contributed by atoms with Crippen LogP contribution in [0, 0.1) is 0 Å². The summed E-state index contributed by atoms with van der Waals surface area (Å²) >= 11 is 0. The summed E-state index contributed by atoms with van der Waals surface area (Å²) < 4.78 is 0. The van der Waals surface area contributed by atoms with Crippen molar-refractivity contribution in [1.82, 2.24) is 4.90 Å². The summed E-state index contributed by atoms with van der Waals surface area (Å²) in [5.74, 6) is 0. The van der Waals surface area contributed by atoms with Gasteiger partial charge in [0.05, 0.1) is 0 Å². The molecular weight excluding hydrogens is 198 g/mol. The Labute approximate surface area is 102 Å². The summed E-state index contributed by atoms with van der Waals surface area (Å²) in [6.07, 6.45) is 9.58. The second kappa shape index (κ2) is 12.9. The average Bonchev–Trinajstić information content (AvgIpc) is 2.28. The molecule has 16 heavy (non-hydrogen) atoms. The molecule has 0 heterocycles. The van der Waals surface area contributed by atoms with Gasteiger partial charge in [0.25, 0.3) is 0 Å². The molecule has 0 amide bonds. The minimum atomic E-state index is 0.747. The topological polar surface area (TPSA) is 55.3 Å². The predicted octanol–water partition coefficient (Wildman–Crippen LogP) is 1.96. The molecule has 0 aromatic heterocycles. The third-order valence-corrected chi connectivity index (χ3v) is 2.97. The second-order valence-corrected chi connectivity index (χ2v) is 4.54. The third-order valence-electron chi connectivity index (χ3n) is 2.97. The molecule has 0 fully saturated rings. The number of nitrogens with zero attached hydrogens (tertiary/aromatic N) is 1. The van der Waals surface area contributed by atoms with Gasteiger partial charge in [-0.3, -0.25) is 0 Å². The Balaban J connectivity index is 3.25. The van der Waals surface area contributed by atoms with Crippen LogP contribution in [-0.2, 0) is 0 Å². The number of unbranched alkanes of at least 4 members (excludes halogenated alkanes) is 6. The lowest BCUT2D eigenvalue weighted by molar-refractivity contribution is 0.281. The SMILES string of the molecule is CCCCCCCCCN(CCN)CCN. The van der Waals surface area contributed by atoms with Gasteiger partial charge < -0.3 is 16.4 Å². The first-order valence-corrected chi connectivity index (χ1v) is 6.97. The molecule has 0 aromatic rings. The average molecular weight is 229 g/mol. The van der Waals surface area contributed by atoms with E-state index in [1.54, 1.807) is 0 Å². The molecule has 0 unspecified atom stereocenters. The van der Waals surface area contributed by atoms with Crippen molar-refractivity contribution < 1.29 is 0 Å².